The first kappa shape index (κ1) is 12.7. The van der Waals surface area contributed by atoms with Gasteiger partial charge in [-0.2, -0.15) is 0 Å². The van der Waals surface area contributed by atoms with Crippen molar-refractivity contribution in [3.8, 4) is 0 Å². The van der Waals surface area contributed by atoms with E-state index in [-0.39, 0.29) is 17.6 Å². The van der Waals surface area contributed by atoms with E-state index in [2.05, 4.69) is 0 Å². The van der Waals surface area contributed by atoms with Crippen LogP contribution in [0, 0.1) is 15.5 Å². The number of hydrogen-bond donors (Lipinski definition) is 0. The summed E-state index contributed by atoms with van der Waals surface area (Å²) in [6.07, 6.45) is -0.663. The van der Waals surface area contributed by atoms with E-state index in [9.17, 15) is 14.9 Å². The molecule has 0 radical (unpaired) electrons. The van der Waals surface area contributed by atoms with Crippen LogP contribution in [0.15, 0.2) is 24.3 Å². The summed E-state index contributed by atoms with van der Waals surface area (Å²) in [5.74, 6) is 0.0610. The number of carbonyl (C=O) groups excluding carboxylic acids is 1. The molecular formula is C13H15NO4. The Morgan fingerprint density at radius 3 is 2.28 bits per heavy atom. The number of benzene rings is 1. The number of hydrogen-bond acceptors (Lipinski definition) is 4. The molecule has 1 fully saturated rings. The molecule has 1 saturated heterocycles. The van der Waals surface area contributed by atoms with Gasteiger partial charge in [0.2, 0.25) is 0 Å². The van der Waals surface area contributed by atoms with Gasteiger partial charge in [0, 0.05) is 17.5 Å². The van der Waals surface area contributed by atoms with Crippen LogP contribution in [0.2, 0.25) is 0 Å². The molecule has 1 aliphatic rings. The second kappa shape index (κ2) is 4.17. The summed E-state index contributed by atoms with van der Waals surface area (Å²) in [7, 11) is 0. The fourth-order valence-corrected chi connectivity index (χ4v) is 1.78. The van der Waals surface area contributed by atoms with Crippen LogP contribution < -0.4 is 0 Å². The summed E-state index contributed by atoms with van der Waals surface area (Å²) in [4.78, 5) is 22.0. The van der Waals surface area contributed by atoms with E-state index in [4.69, 9.17) is 4.74 Å². The van der Waals surface area contributed by atoms with E-state index in [1.54, 1.807) is 12.1 Å². The molecule has 0 spiro atoms. The van der Waals surface area contributed by atoms with Gasteiger partial charge in [-0.05, 0) is 17.7 Å². The Morgan fingerprint density at radius 1 is 1.28 bits per heavy atom. The minimum atomic E-state index is -0.449. The van der Waals surface area contributed by atoms with Crippen LogP contribution in [-0.4, -0.2) is 16.8 Å². The first-order valence-corrected chi connectivity index (χ1v) is 5.75. The molecule has 0 aliphatic carbocycles. The maximum absolute atomic E-state index is 12.0. The molecule has 1 aromatic carbocycles. The number of nitro groups is 1. The summed E-state index contributed by atoms with van der Waals surface area (Å²) in [6.45, 7) is 5.55. The third-order valence-corrected chi connectivity index (χ3v) is 2.92. The molecule has 2 atom stereocenters. The summed E-state index contributed by atoms with van der Waals surface area (Å²) in [5, 5.41) is 10.5. The number of nitro benzene ring substituents is 1. The summed E-state index contributed by atoms with van der Waals surface area (Å²) in [6, 6.07) is 6.13. The predicted molar refractivity (Wildman–Crippen MR) is 65.2 cm³/mol. The molecule has 0 N–H and O–H groups in total. The monoisotopic (exact) mass is 249 g/mol. The number of Topliss-reactive ketones (excluding diaryl/α,β-unsaturated/α-hetero) is 1. The highest BCUT2D eigenvalue weighted by atomic mass is 16.6. The number of rotatable bonds is 3. The van der Waals surface area contributed by atoms with Crippen LogP contribution in [0.4, 0.5) is 5.69 Å². The van der Waals surface area contributed by atoms with E-state index in [0.717, 1.165) is 5.56 Å². The normalized spacial score (nSPS) is 22.6. The lowest BCUT2D eigenvalue weighted by Gasteiger charge is -2.14. The average Bonchev–Trinajstić information content (AvgIpc) is 3.06. The van der Waals surface area contributed by atoms with Crippen LogP contribution in [0.25, 0.3) is 0 Å². The molecule has 1 aliphatic heterocycles. The van der Waals surface area contributed by atoms with Gasteiger partial charge < -0.3 is 4.74 Å². The molecule has 0 saturated carbocycles. The first-order valence-electron chi connectivity index (χ1n) is 5.75. The number of carbonyl (C=O) groups is 1. The van der Waals surface area contributed by atoms with Gasteiger partial charge in [-0.1, -0.05) is 20.8 Å². The second-order valence-electron chi connectivity index (χ2n) is 5.44. The standard InChI is InChI=1S/C13H15NO4/c1-13(2,3)12(15)11-10(18-11)8-4-6-9(7-5-8)14(16)17/h4-7,10-11H,1-3H3/t10-,11+/m1/s1. The van der Waals surface area contributed by atoms with Crippen molar-refractivity contribution in [3.05, 3.63) is 39.9 Å². The zero-order chi connectivity index (χ0) is 13.5. The Bertz CT molecular complexity index is 487. The third-order valence-electron chi connectivity index (χ3n) is 2.92. The van der Waals surface area contributed by atoms with Gasteiger partial charge in [0.1, 0.15) is 12.2 Å². The number of nitrogens with zero attached hydrogens (tertiary/aromatic N) is 1. The first-order chi connectivity index (χ1) is 8.30. The Kier molecular flexibility index (Phi) is 2.94. The highest BCUT2D eigenvalue weighted by Gasteiger charge is 2.49. The largest absolute Gasteiger partial charge is 0.356 e. The van der Waals surface area contributed by atoms with Gasteiger partial charge in [0.05, 0.1) is 4.92 Å². The maximum atomic E-state index is 12.0. The molecular weight excluding hydrogens is 234 g/mol. The predicted octanol–water partition coefficient (Wildman–Crippen LogP) is 2.65. The zero-order valence-corrected chi connectivity index (χ0v) is 10.5. The lowest BCUT2D eigenvalue weighted by atomic mass is 9.87. The van der Waals surface area contributed by atoms with Crippen LogP contribution in [-0.2, 0) is 9.53 Å². The van der Waals surface area contributed by atoms with Gasteiger partial charge >= 0.3 is 0 Å². The van der Waals surface area contributed by atoms with Crippen LogP contribution in [0.1, 0.15) is 32.4 Å². The molecule has 0 amide bonds. The van der Waals surface area contributed by atoms with E-state index in [1.807, 2.05) is 20.8 Å². The maximum Gasteiger partial charge on any atom is 0.269 e. The quantitative estimate of drug-likeness (QED) is 0.469. The molecule has 5 nitrogen and oxygen atoms in total. The summed E-state index contributed by atoms with van der Waals surface area (Å²) >= 11 is 0. The van der Waals surface area contributed by atoms with Crippen molar-refractivity contribution in [1.29, 1.82) is 0 Å². The second-order valence-corrected chi connectivity index (χ2v) is 5.44. The summed E-state index contributed by atoms with van der Waals surface area (Å²) in [5.41, 5.74) is 0.418. The van der Waals surface area contributed by atoms with E-state index in [1.165, 1.54) is 12.1 Å². The topological polar surface area (TPSA) is 72.7 Å². The van der Waals surface area contributed by atoms with Crippen molar-refractivity contribution in [2.45, 2.75) is 33.0 Å². The van der Waals surface area contributed by atoms with Crippen molar-refractivity contribution >= 4 is 11.5 Å². The number of epoxide rings is 1. The van der Waals surface area contributed by atoms with E-state index < -0.39 is 16.4 Å². The summed E-state index contributed by atoms with van der Waals surface area (Å²) < 4.78 is 5.37. The molecule has 18 heavy (non-hydrogen) atoms. The van der Waals surface area contributed by atoms with Gasteiger partial charge in [-0.3, -0.25) is 14.9 Å². The number of ketones is 1. The molecule has 0 bridgehead atoms. The number of ether oxygens (including phenoxy) is 1. The molecule has 0 aromatic heterocycles. The van der Waals surface area contributed by atoms with Crippen molar-refractivity contribution in [3.63, 3.8) is 0 Å². The average molecular weight is 249 g/mol. The van der Waals surface area contributed by atoms with E-state index in [0.29, 0.717) is 0 Å². The van der Waals surface area contributed by atoms with Crippen LogP contribution >= 0.6 is 0 Å². The minimum Gasteiger partial charge on any atom is -0.356 e. The molecule has 0 unspecified atom stereocenters. The smallest absolute Gasteiger partial charge is 0.269 e. The fourth-order valence-electron chi connectivity index (χ4n) is 1.78. The Hall–Kier alpha value is -1.75. The van der Waals surface area contributed by atoms with Gasteiger partial charge in [-0.15, -0.1) is 0 Å². The van der Waals surface area contributed by atoms with Crippen molar-refractivity contribution < 1.29 is 14.5 Å². The van der Waals surface area contributed by atoms with Crippen molar-refractivity contribution in [1.82, 2.24) is 0 Å². The zero-order valence-electron chi connectivity index (χ0n) is 10.5. The van der Waals surface area contributed by atoms with Crippen molar-refractivity contribution in [2.24, 2.45) is 5.41 Å². The lowest BCUT2D eigenvalue weighted by molar-refractivity contribution is -0.384. The highest BCUT2D eigenvalue weighted by Crippen LogP contribution is 2.42. The highest BCUT2D eigenvalue weighted by molar-refractivity contribution is 5.90. The van der Waals surface area contributed by atoms with Gasteiger partial charge in [0.15, 0.2) is 5.78 Å². The third kappa shape index (κ3) is 2.41. The van der Waals surface area contributed by atoms with Gasteiger partial charge in [0.25, 0.3) is 5.69 Å². The molecule has 2 rings (SSSR count). The van der Waals surface area contributed by atoms with Crippen LogP contribution in [0.3, 0.4) is 0 Å². The molecule has 1 aromatic rings. The lowest BCUT2D eigenvalue weighted by Crippen LogP contribution is -2.25. The molecule has 96 valence electrons. The Labute approximate surface area is 105 Å². The fraction of sp³-hybridized carbons (Fsp3) is 0.462. The Morgan fingerprint density at radius 2 is 1.83 bits per heavy atom. The minimum absolute atomic E-state index is 0.0399. The van der Waals surface area contributed by atoms with E-state index >= 15 is 0 Å². The number of non-ortho nitro benzene ring substituents is 1. The SMILES string of the molecule is CC(C)(C)C(=O)[C@H]1O[C@@H]1c1ccc([N+](=O)[O-])cc1. The molecule has 1 heterocycles. The van der Waals surface area contributed by atoms with Gasteiger partial charge in [-0.25, -0.2) is 0 Å². The van der Waals surface area contributed by atoms with Crippen molar-refractivity contribution in [2.75, 3.05) is 0 Å². The molecule has 5 heteroatoms. The Balaban J connectivity index is 2.08. The van der Waals surface area contributed by atoms with Crippen LogP contribution in [0.5, 0.6) is 0 Å².